The predicted octanol–water partition coefficient (Wildman–Crippen LogP) is 3.33. The van der Waals surface area contributed by atoms with Crippen LogP contribution in [0.4, 0.5) is 4.39 Å². The Morgan fingerprint density at radius 1 is 1.32 bits per heavy atom. The lowest BCUT2D eigenvalue weighted by Gasteiger charge is -2.15. The van der Waals surface area contributed by atoms with Crippen LogP contribution in [0, 0.1) is 5.82 Å². The van der Waals surface area contributed by atoms with E-state index in [1.165, 1.54) is 6.07 Å². The maximum atomic E-state index is 13.7. The second-order valence-electron chi connectivity index (χ2n) is 5.19. The summed E-state index contributed by atoms with van der Waals surface area (Å²) in [6.07, 6.45) is 2.88. The Balaban J connectivity index is 2.07. The molecule has 0 bridgehead atoms. The lowest BCUT2D eigenvalue weighted by Crippen LogP contribution is -2.40. The molecule has 4 nitrogen and oxygen atoms in total. The molecule has 1 heterocycles. The summed E-state index contributed by atoms with van der Waals surface area (Å²) in [6.45, 7) is 2.47. The van der Waals surface area contributed by atoms with Crippen LogP contribution in [-0.4, -0.2) is 18.5 Å². The van der Waals surface area contributed by atoms with Crippen molar-refractivity contribution in [2.24, 2.45) is 5.73 Å². The molecule has 0 aliphatic carbocycles. The fourth-order valence-electron chi connectivity index (χ4n) is 2.22. The van der Waals surface area contributed by atoms with Crippen LogP contribution in [0.1, 0.15) is 36.7 Å². The van der Waals surface area contributed by atoms with Gasteiger partial charge in [-0.15, -0.1) is 0 Å². The molecule has 1 atom stereocenters. The van der Waals surface area contributed by atoms with E-state index >= 15 is 0 Å². The van der Waals surface area contributed by atoms with Gasteiger partial charge in [0.25, 0.3) is 5.91 Å². The first-order chi connectivity index (χ1) is 10.7. The second-order valence-corrected chi connectivity index (χ2v) is 5.19. The van der Waals surface area contributed by atoms with Crippen molar-refractivity contribution >= 4 is 5.91 Å². The lowest BCUT2D eigenvalue weighted by molar-refractivity contribution is 0.0908. The van der Waals surface area contributed by atoms with Crippen molar-refractivity contribution in [3.63, 3.8) is 0 Å². The third-order valence-electron chi connectivity index (χ3n) is 3.49. The van der Waals surface area contributed by atoms with Crippen molar-refractivity contribution in [2.75, 3.05) is 6.54 Å². The Kier molecular flexibility index (Phi) is 5.72. The van der Waals surface area contributed by atoms with Crippen molar-refractivity contribution < 1.29 is 13.6 Å². The smallest absolute Gasteiger partial charge is 0.287 e. The molecule has 22 heavy (non-hydrogen) atoms. The predicted molar refractivity (Wildman–Crippen MR) is 83.9 cm³/mol. The third-order valence-corrected chi connectivity index (χ3v) is 3.49. The Morgan fingerprint density at radius 3 is 2.77 bits per heavy atom. The third kappa shape index (κ3) is 3.95. The molecule has 0 spiro atoms. The van der Waals surface area contributed by atoms with Crippen molar-refractivity contribution in [2.45, 2.75) is 32.2 Å². The molecule has 0 saturated carbocycles. The topological polar surface area (TPSA) is 68.3 Å². The van der Waals surface area contributed by atoms with Gasteiger partial charge in [-0.1, -0.05) is 31.9 Å². The van der Waals surface area contributed by atoms with Crippen LogP contribution in [0.25, 0.3) is 11.3 Å². The van der Waals surface area contributed by atoms with E-state index in [4.69, 9.17) is 10.2 Å². The van der Waals surface area contributed by atoms with Crippen LogP contribution < -0.4 is 11.1 Å². The number of benzene rings is 1. The zero-order chi connectivity index (χ0) is 15.9. The molecular formula is C17H21FN2O2. The molecule has 0 saturated heterocycles. The summed E-state index contributed by atoms with van der Waals surface area (Å²) in [6, 6.07) is 9.35. The first-order valence-electron chi connectivity index (χ1n) is 7.51. The minimum Gasteiger partial charge on any atom is -0.451 e. The number of rotatable bonds is 7. The molecule has 2 rings (SSSR count). The number of hydrogen-bond donors (Lipinski definition) is 2. The van der Waals surface area contributed by atoms with E-state index in [-0.39, 0.29) is 23.5 Å². The number of amides is 1. The number of carbonyl (C=O) groups is 1. The normalized spacial score (nSPS) is 12.1. The van der Waals surface area contributed by atoms with Gasteiger partial charge in [0.2, 0.25) is 0 Å². The molecule has 3 N–H and O–H groups in total. The van der Waals surface area contributed by atoms with Crippen LogP contribution in [0.15, 0.2) is 40.8 Å². The number of nitrogens with one attached hydrogen (secondary N) is 1. The number of hydrogen-bond acceptors (Lipinski definition) is 3. The van der Waals surface area contributed by atoms with E-state index in [2.05, 4.69) is 12.2 Å². The number of carbonyl (C=O) groups excluding carboxylic acids is 1. The molecule has 0 aliphatic rings. The van der Waals surface area contributed by atoms with Gasteiger partial charge in [0.15, 0.2) is 5.76 Å². The fraction of sp³-hybridized carbons (Fsp3) is 0.353. The van der Waals surface area contributed by atoms with Crippen molar-refractivity contribution in [3.05, 3.63) is 48.0 Å². The molecular weight excluding hydrogens is 283 g/mol. The molecule has 0 radical (unpaired) electrons. The second kappa shape index (κ2) is 7.75. The van der Waals surface area contributed by atoms with Gasteiger partial charge in [0, 0.05) is 12.6 Å². The van der Waals surface area contributed by atoms with Gasteiger partial charge in [-0.3, -0.25) is 4.79 Å². The zero-order valence-electron chi connectivity index (χ0n) is 12.6. The van der Waals surface area contributed by atoms with Gasteiger partial charge >= 0.3 is 0 Å². The summed E-state index contributed by atoms with van der Waals surface area (Å²) < 4.78 is 19.2. The molecule has 0 fully saturated rings. The standard InChI is InChI=1S/C17H21FN2O2/c1-2-3-6-12(11-19)20-17(21)16-10-9-15(22-16)13-7-4-5-8-14(13)18/h4-5,7-10,12H,2-3,6,11,19H2,1H3,(H,20,21). The van der Waals surface area contributed by atoms with Crippen LogP contribution in [0.5, 0.6) is 0 Å². The largest absolute Gasteiger partial charge is 0.451 e. The average Bonchev–Trinajstić information content (AvgIpc) is 3.01. The van der Waals surface area contributed by atoms with Crippen molar-refractivity contribution in [1.82, 2.24) is 5.32 Å². The minimum atomic E-state index is -0.383. The maximum absolute atomic E-state index is 13.7. The molecule has 1 amide bonds. The Hall–Kier alpha value is -2.14. The first-order valence-corrected chi connectivity index (χ1v) is 7.51. The van der Waals surface area contributed by atoms with Crippen LogP contribution in [-0.2, 0) is 0 Å². The van der Waals surface area contributed by atoms with Crippen LogP contribution in [0.2, 0.25) is 0 Å². The fourth-order valence-corrected chi connectivity index (χ4v) is 2.22. The van der Waals surface area contributed by atoms with E-state index in [0.717, 1.165) is 19.3 Å². The minimum absolute atomic E-state index is 0.0746. The Morgan fingerprint density at radius 2 is 2.09 bits per heavy atom. The highest BCUT2D eigenvalue weighted by molar-refractivity contribution is 5.92. The number of furan rings is 1. The summed E-state index contributed by atoms with van der Waals surface area (Å²) in [5.41, 5.74) is 6.00. The van der Waals surface area contributed by atoms with E-state index in [1.807, 2.05) is 0 Å². The molecule has 5 heteroatoms. The molecule has 1 aromatic carbocycles. The summed E-state index contributed by atoms with van der Waals surface area (Å²) in [5.74, 6) is -0.213. The molecule has 118 valence electrons. The summed E-state index contributed by atoms with van der Waals surface area (Å²) in [7, 11) is 0. The molecule has 2 aromatic rings. The Bertz CT molecular complexity index is 625. The summed E-state index contributed by atoms with van der Waals surface area (Å²) in [5, 5.41) is 2.85. The first kappa shape index (κ1) is 16.2. The number of unbranched alkanes of at least 4 members (excludes halogenated alkanes) is 1. The van der Waals surface area contributed by atoms with Gasteiger partial charge in [-0.25, -0.2) is 4.39 Å². The zero-order valence-corrected chi connectivity index (χ0v) is 12.6. The van der Waals surface area contributed by atoms with Crippen LogP contribution >= 0.6 is 0 Å². The van der Waals surface area contributed by atoms with Gasteiger partial charge in [-0.2, -0.15) is 0 Å². The molecule has 0 aliphatic heterocycles. The quantitative estimate of drug-likeness (QED) is 0.824. The van der Waals surface area contributed by atoms with E-state index < -0.39 is 0 Å². The highest BCUT2D eigenvalue weighted by atomic mass is 19.1. The van der Waals surface area contributed by atoms with Gasteiger partial charge < -0.3 is 15.5 Å². The summed E-state index contributed by atoms with van der Waals surface area (Å²) >= 11 is 0. The monoisotopic (exact) mass is 304 g/mol. The van der Waals surface area contributed by atoms with E-state index in [9.17, 15) is 9.18 Å². The van der Waals surface area contributed by atoms with Gasteiger partial charge in [0.1, 0.15) is 11.6 Å². The van der Waals surface area contributed by atoms with E-state index in [0.29, 0.717) is 17.9 Å². The SMILES string of the molecule is CCCCC(CN)NC(=O)c1ccc(-c2ccccc2F)o1. The average molecular weight is 304 g/mol. The maximum Gasteiger partial charge on any atom is 0.287 e. The number of nitrogens with two attached hydrogens (primary N) is 1. The van der Waals surface area contributed by atoms with Gasteiger partial charge in [0.05, 0.1) is 5.56 Å². The van der Waals surface area contributed by atoms with Gasteiger partial charge in [-0.05, 0) is 30.7 Å². The highest BCUT2D eigenvalue weighted by Gasteiger charge is 2.17. The molecule has 1 unspecified atom stereocenters. The van der Waals surface area contributed by atoms with E-state index in [1.54, 1.807) is 30.3 Å². The number of halogens is 1. The molecule has 1 aromatic heterocycles. The summed E-state index contributed by atoms with van der Waals surface area (Å²) in [4.78, 5) is 12.2. The van der Waals surface area contributed by atoms with Crippen molar-refractivity contribution in [3.8, 4) is 11.3 Å². The van der Waals surface area contributed by atoms with Crippen molar-refractivity contribution in [1.29, 1.82) is 0 Å². The van der Waals surface area contributed by atoms with Crippen LogP contribution in [0.3, 0.4) is 0 Å². The highest BCUT2D eigenvalue weighted by Crippen LogP contribution is 2.24. The lowest BCUT2D eigenvalue weighted by atomic mass is 10.1. The Labute approximate surface area is 129 Å².